The highest BCUT2D eigenvalue weighted by atomic mass is 28.3. The SMILES string of the molecule is CCN(CC)[SiH](C)C[SiH](C)C. The Morgan fingerprint density at radius 1 is 1.00 bits per heavy atom. The molecule has 0 aromatic rings. The molecule has 0 spiro atoms. The molecule has 0 heterocycles. The first-order chi connectivity index (χ1) is 5.11. The topological polar surface area (TPSA) is 3.24 Å². The van der Waals surface area contributed by atoms with Crippen LogP contribution in [0.25, 0.3) is 0 Å². The number of hydrogen-bond acceptors (Lipinski definition) is 1. The zero-order valence-electron chi connectivity index (χ0n) is 8.72. The van der Waals surface area contributed by atoms with Gasteiger partial charge in [-0.05, 0) is 13.1 Å². The van der Waals surface area contributed by atoms with Gasteiger partial charge in [-0.15, -0.1) is 0 Å². The van der Waals surface area contributed by atoms with Crippen molar-refractivity contribution >= 4 is 17.8 Å². The van der Waals surface area contributed by atoms with Crippen LogP contribution in [0.2, 0.25) is 25.3 Å². The van der Waals surface area contributed by atoms with Crippen molar-refractivity contribution in [2.45, 2.75) is 39.2 Å². The minimum absolute atomic E-state index is 0.292. The van der Waals surface area contributed by atoms with Crippen molar-refractivity contribution in [1.82, 2.24) is 4.57 Å². The first-order valence-electron chi connectivity index (χ1n) is 4.85. The van der Waals surface area contributed by atoms with Gasteiger partial charge in [-0.25, -0.2) is 0 Å². The molecule has 1 unspecified atom stereocenters. The van der Waals surface area contributed by atoms with Gasteiger partial charge in [0, 0.05) is 8.80 Å². The standard InChI is InChI=1S/C8H23NSi2/c1-6-9(7-2)11(5)8-10(3)4/h10-11H,6-8H2,1-5H3. The Morgan fingerprint density at radius 2 is 1.45 bits per heavy atom. The van der Waals surface area contributed by atoms with Gasteiger partial charge in [0.25, 0.3) is 0 Å². The van der Waals surface area contributed by atoms with Gasteiger partial charge >= 0.3 is 0 Å². The maximum atomic E-state index is 2.69. The molecule has 0 aromatic heterocycles. The van der Waals surface area contributed by atoms with Crippen molar-refractivity contribution in [3.05, 3.63) is 0 Å². The monoisotopic (exact) mass is 189 g/mol. The van der Waals surface area contributed by atoms with Crippen molar-refractivity contribution in [1.29, 1.82) is 0 Å². The summed E-state index contributed by atoms with van der Waals surface area (Å²) in [6.07, 6.45) is 0. The minimum Gasteiger partial charge on any atom is -0.327 e. The van der Waals surface area contributed by atoms with E-state index in [0.29, 0.717) is 0 Å². The molecule has 0 amide bonds. The lowest BCUT2D eigenvalue weighted by Gasteiger charge is -2.26. The average molecular weight is 189 g/mol. The Hall–Kier alpha value is 0.394. The first-order valence-corrected chi connectivity index (χ1v) is 10.5. The van der Waals surface area contributed by atoms with Gasteiger partial charge in [-0.1, -0.05) is 39.2 Å². The van der Waals surface area contributed by atoms with Gasteiger partial charge in [0.2, 0.25) is 0 Å². The summed E-state index contributed by atoms with van der Waals surface area (Å²) < 4.78 is 2.69. The van der Waals surface area contributed by atoms with Crippen LogP contribution in [0.3, 0.4) is 0 Å². The summed E-state index contributed by atoms with van der Waals surface area (Å²) in [7, 11) is -0.772. The molecule has 0 saturated heterocycles. The minimum atomic E-state index is -0.480. The fourth-order valence-corrected chi connectivity index (χ4v) is 9.58. The summed E-state index contributed by atoms with van der Waals surface area (Å²) in [6, 6.07) is 0. The van der Waals surface area contributed by atoms with Crippen molar-refractivity contribution in [2.75, 3.05) is 13.1 Å². The van der Waals surface area contributed by atoms with Crippen molar-refractivity contribution < 1.29 is 0 Å². The second-order valence-corrected chi connectivity index (χ2v) is 10.8. The Balaban J connectivity index is 3.68. The Morgan fingerprint density at radius 3 is 1.73 bits per heavy atom. The Bertz CT molecular complexity index is 92.1. The molecular weight excluding hydrogens is 166 g/mol. The van der Waals surface area contributed by atoms with Crippen LogP contribution in [-0.4, -0.2) is 35.4 Å². The van der Waals surface area contributed by atoms with E-state index >= 15 is 0 Å². The molecule has 0 N–H and O–H groups in total. The van der Waals surface area contributed by atoms with E-state index < -0.39 is 8.96 Å². The molecule has 68 valence electrons. The van der Waals surface area contributed by atoms with E-state index in [1.54, 1.807) is 5.67 Å². The van der Waals surface area contributed by atoms with E-state index in [1.165, 1.54) is 13.1 Å². The number of hydrogen-bond donors (Lipinski definition) is 0. The first kappa shape index (κ1) is 11.4. The molecule has 0 aliphatic heterocycles. The highest BCUT2D eigenvalue weighted by molar-refractivity contribution is 6.74. The molecule has 1 atom stereocenters. The quantitative estimate of drug-likeness (QED) is 0.595. The zero-order valence-corrected chi connectivity index (χ0v) is 11.0. The lowest BCUT2D eigenvalue weighted by atomic mass is 10.7. The van der Waals surface area contributed by atoms with Gasteiger partial charge in [0.1, 0.15) is 8.96 Å². The van der Waals surface area contributed by atoms with Crippen LogP contribution in [0.5, 0.6) is 0 Å². The maximum Gasteiger partial charge on any atom is 0.105 e. The van der Waals surface area contributed by atoms with E-state index in [4.69, 9.17) is 0 Å². The summed E-state index contributed by atoms with van der Waals surface area (Å²) in [5.41, 5.74) is 1.60. The molecule has 0 aliphatic rings. The summed E-state index contributed by atoms with van der Waals surface area (Å²) in [6.45, 7) is 14.5. The second-order valence-electron chi connectivity index (χ2n) is 3.70. The van der Waals surface area contributed by atoms with Gasteiger partial charge in [0.05, 0.1) is 0 Å². The van der Waals surface area contributed by atoms with Gasteiger partial charge in [-0.3, -0.25) is 0 Å². The summed E-state index contributed by atoms with van der Waals surface area (Å²) >= 11 is 0. The van der Waals surface area contributed by atoms with Crippen molar-refractivity contribution in [2.24, 2.45) is 0 Å². The summed E-state index contributed by atoms with van der Waals surface area (Å²) in [4.78, 5) is 0. The van der Waals surface area contributed by atoms with Crippen LogP contribution >= 0.6 is 0 Å². The van der Waals surface area contributed by atoms with E-state index in [2.05, 4.69) is 38.1 Å². The molecule has 1 nitrogen and oxygen atoms in total. The van der Waals surface area contributed by atoms with Crippen LogP contribution in [-0.2, 0) is 0 Å². The largest absolute Gasteiger partial charge is 0.327 e. The average Bonchev–Trinajstić information content (AvgIpc) is 1.88. The normalized spacial score (nSPS) is 14.5. The van der Waals surface area contributed by atoms with Crippen molar-refractivity contribution in [3.8, 4) is 0 Å². The fraction of sp³-hybridized carbons (Fsp3) is 1.00. The molecule has 0 aromatic carbocycles. The molecule has 0 fully saturated rings. The third-order valence-electron chi connectivity index (χ3n) is 2.25. The van der Waals surface area contributed by atoms with E-state index in [1.807, 2.05) is 0 Å². The van der Waals surface area contributed by atoms with Gasteiger partial charge in [0.15, 0.2) is 0 Å². The number of rotatable bonds is 5. The van der Waals surface area contributed by atoms with Gasteiger partial charge < -0.3 is 4.57 Å². The summed E-state index contributed by atoms with van der Waals surface area (Å²) in [5, 5.41) is 0. The van der Waals surface area contributed by atoms with Crippen LogP contribution in [0.1, 0.15) is 13.8 Å². The summed E-state index contributed by atoms with van der Waals surface area (Å²) in [5.74, 6) is 0. The molecule has 0 bridgehead atoms. The van der Waals surface area contributed by atoms with Crippen LogP contribution in [0, 0.1) is 0 Å². The fourth-order valence-electron chi connectivity index (χ4n) is 1.68. The highest BCUT2D eigenvalue weighted by Gasteiger charge is 2.13. The Labute approximate surface area is 75.1 Å². The molecule has 0 radical (unpaired) electrons. The zero-order chi connectivity index (χ0) is 8.85. The molecule has 0 rings (SSSR count). The molecule has 11 heavy (non-hydrogen) atoms. The van der Waals surface area contributed by atoms with Crippen LogP contribution in [0.4, 0.5) is 0 Å². The van der Waals surface area contributed by atoms with Crippen molar-refractivity contribution in [3.63, 3.8) is 0 Å². The van der Waals surface area contributed by atoms with E-state index in [9.17, 15) is 0 Å². The lowest BCUT2D eigenvalue weighted by molar-refractivity contribution is 0.483. The van der Waals surface area contributed by atoms with E-state index in [-0.39, 0.29) is 8.80 Å². The smallest absolute Gasteiger partial charge is 0.105 e. The predicted molar refractivity (Wildman–Crippen MR) is 59.6 cm³/mol. The van der Waals surface area contributed by atoms with Crippen LogP contribution in [0.15, 0.2) is 0 Å². The van der Waals surface area contributed by atoms with Crippen LogP contribution < -0.4 is 0 Å². The lowest BCUT2D eigenvalue weighted by Crippen LogP contribution is -2.38. The highest BCUT2D eigenvalue weighted by Crippen LogP contribution is 2.02. The molecule has 0 saturated carbocycles. The third-order valence-corrected chi connectivity index (χ3v) is 10.7. The molecule has 0 aliphatic carbocycles. The maximum absolute atomic E-state index is 2.69. The molecule has 3 heteroatoms. The molecular formula is C8H23NSi2. The predicted octanol–water partition coefficient (Wildman–Crippen LogP) is 1.71. The van der Waals surface area contributed by atoms with E-state index in [0.717, 1.165) is 0 Å². The Kier molecular flexibility index (Phi) is 6.18. The number of nitrogens with zero attached hydrogens (tertiary/aromatic N) is 1. The second kappa shape index (κ2) is 5.97. The van der Waals surface area contributed by atoms with Gasteiger partial charge in [-0.2, -0.15) is 0 Å². The third kappa shape index (κ3) is 4.77.